The van der Waals surface area contributed by atoms with Gasteiger partial charge in [0.1, 0.15) is 11.9 Å². The molecule has 0 spiro atoms. The molecule has 0 bridgehead atoms. The van der Waals surface area contributed by atoms with E-state index in [1.807, 2.05) is 6.07 Å². The maximum Gasteiger partial charge on any atom is 0.331 e. The highest BCUT2D eigenvalue weighted by molar-refractivity contribution is 6.74. The summed E-state index contributed by atoms with van der Waals surface area (Å²) in [6.45, 7) is 12.2. The van der Waals surface area contributed by atoms with Gasteiger partial charge in [0.2, 0.25) is 0 Å². The Morgan fingerprint density at radius 2 is 1.83 bits per heavy atom. The second-order valence-electron chi connectivity index (χ2n) is 12.8. The molecule has 2 aliphatic rings. The molecule has 0 aromatic heterocycles. The third-order valence-corrected chi connectivity index (χ3v) is 13.2. The van der Waals surface area contributed by atoms with Gasteiger partial charge in [-0.15, -0.1) is 0 Å². The van der Waals surface area contributed by atoms with Crippen molar-refractivity contribution in [2.24, 2.45) is 0 Å². The largest absolute Gasteiger partial charge is 0.541 e. The minimum absolute atomic E-state index is 0.00784. The Bertz CT molecular complexity index is 1260. The lowest BCUT2D eigenvalue weighted by Gasteiger charge is -2.47. The van der Waals surface area contributed by atoms with Gasteiger partial charge in [-0.2, -0.15) is 0 Å². The minimum atomic E-state index is -2.09. The normalized spacial score (nSPS) is 21.5. The molecule has 2 aromatic carbocycles. The number of hydrogen-bond donors (Lipinski definition) is 1. The topological polar surface area (TPSA) is 86.7 Å². The molecular formula is C33H47NO7Si. The number of piperidine rings is 2. The summed E-state index contributed by atoms with van der Waals surface area (Å²) in [5, 5.41) is 10.1. The lowest BCUT2D eigenvalue weighted by Crippen LogP contribution is -2.49. The first kappa shape index (κ1) is 31.9. The van der Waals surface area contributed by atoms with Gasteiger partial charge in [0, 0.05) is 38.1 Å². The van der Waals surface area contributed by atoms with Crippen LogP contribution >= 0.6 is 0 Å². The van der Waals surface area contributed by atoms with Crippen LogP contribution in [0.4, 0.5) is 0 Å². The summed E-state index contributed by atoms with van der Waals surface area (Å²) in [5.41, 5.74) is 1.88. The number of benzene rings is 2. The molecule has 2 aliphatic heterocycles. The van der Waals surface area contributed by atoms with Crippen molar-refractivity contribution in [1.29, 1.82) is 0 Å². The molecule has 4 rings (SSSR count). The van der Waals surface area contributed by atoms with E-state index < -0.39 is 8.32 Å². The average Bonchev–Trinajstić information content (AvgIpc) is 2.94. The van der Waals surface area contributed by atoms with Gasteiger partial charge in [0.15, 0.2) is 24.0 Å². The van der Waals surface area contributed by atoms with Gasteiger partial charge in [0.05, 0.1) is 7.11 Å². The maximum atomic E-state index is 12.9. The molecule has 230 valence electrons. The van der Waals surface area contributed by atoms with Crippen LogP contribution in [-0.2, 0) is 14.3 Å². The Kier molecular flexibility index (Phi) is 10.3. The molecule has 1 N–H and O–H groups in total. The summed E-state index contributed by atoms with van der Waals surface area (Å²) in [7, 11) is 1.11. The van der Waals surface area contributed by atoms with Gasteiger partial charge in [-0.05, 0) is 79.0 Å². The Balaban J connectivity index is 1.52. The van der Waals surface area contributed by atoms with E-state index in [-0.39, 0.29) is 41.4 Å². The molecule has 8 nitrogen and oxygen atoms in total. The van der Waals surface area contributed by atoms with E-state index in [9.17, 15) is 9.90 Å². The second kappa shape index (κ2) is 13.5. The van der Waals surface area contributed by atoms with Crippen molar-refractivity contribution in [1.82, 2.24) is 4.90 Å². The van der Waals surface area contributed by atoms with Gasteiger partial charge in [-0.3, -0.25) is 4.90 Å². The number of hydrogen-bond acceptors (Lipinski definition) is 8. The highest BCUT2D eigenvalue weighted by atomic mass is 28.4. The minimum Gasteiger partial charge on any atom is -0.541 e. The smallest absolute Gasteiger partial charge is 0.331 e. The van der Waals surface area contributed by atoms with Crippen molar-refractivity contribution in [2.75, 3.05) is 27.6 Å². The van der Waals surface area contributed by atoms with Gasteiger partial charge < -0.3 is 28.5 Å². The number of phenols is 1. The molecule has 42 heavy (non-hydrogen) atoms. The van der Waals surface area contributed by atoms with Crippen LogP contribution in [0.3, 0.4) is 0 Å². The van der Waals surface area contributed by atoms with E-state index in [1.54, 1.807) is 25.3 Å². The van der Waals surface area contributed by atoms with Crippen molar-refractivity contribution in [3.05, 3.63) is 53.6 Å². The van der Waals surface area contributed by atoms with E-state index in [1.165, 1.54) is 37.7 Å². The molecule has 0 saturated carbocycles. The van der Waals surface area contributed by atoms with Crippen molar-refractivity contribution in [3.63, 3.8) is 0 Å². The zero-order chi connectivity index (χ0) is 30.5. The zero-order valence-electron chi connectivity index (χ0n) is 26.1. The molecule has 2 saturated heterocycles. The number of esters is 1. The van der Waals surface area contributed by atoms with Gasteiger partial charge in [0.25, 0.3) is 8.32 Å². The van der Waals surface area contributed by atoms with Crippen LogP contribution in [0.5, 0.6) is 23.0 Å². The monoisotopic (exact) mass is 597 g/mol. The number of rotatable bonds is 10. The predicted molar refractivity (Wildman–Crippen MR) is 167 cm³/mol. The standard InChI is InChI=1S/C33H47NO7Si/c1-33(2,3)42(6,7)41-31-19-24(13-15-29(31)38-5)27-21-26(20-25-10-8-9-17-34(25)27)40-32(36)16-12-23-11-14-28(35)30(18-23)39-22-37-4/h11-16,18-19,25-27,35H,8-10,17,20-22H2,1-7H3/b16-12+/t25-,26-,27-/m0/s1. The molecule has 0 amide bonds. The first-order valence-corrected chi connectivity index (χ1v) is 17.8. The summed E-state index contributed by atoms with van der Waals surface area (Å²) in [6.07, 6.45) is 7.91. The third kappa shape index (κ3) is 7.68. The van der Waals surface area contributed by atoms with Crippen LogP contribution in [0.2, 0.25) is 18.1 Å². The number of ether oxygens (including phenoxy) is 4. The summed E-state index contributed by atoms with van der Waals surface area (Å²) in [4.78, 5) is 15.5. The van der Waals surface area contributed by atoms with E-state index in [0.717, 1.165) is 37.3 Å². The number of fused-ring (bicyclic) bond motifs is 1. The van der Waals surface area contributed by atoms with Crippen LogP contribution in [0, 0.1) is 0 Å². The fourth-order valence-electron chi connectivity index (χ4n) is 5.54. The number of carbonyl (C=O) groups is 1. The van der Waals surface area contributed by atoms with Crippen LogP contribution in [0.25, 0.3) is 6.08 Å². The molecule has 3 atom stereocenters. The van der Waals surface area contributed by atoms with Gasteiger partial charge in [-0.1, -0.05) is 39.3 Å². The number of phenolic OH excluding ortho intramolecular Hbond substituents is 1. The molecule has 2 aromatic rings. The molecule has 2 fully saturated rings. The lowest BCUT2D eigenvalue weighted by atomic mass is 9.84. The first-order chi connectivity index (χ1) is 19.9. The predicted octanol–water partition coefficient (Wildman–Crippen LogP) is 7.08. The maximum absolute atomic E-state index is 12.9. The van der Waals surface area contributed by atoms with Crippen molar-refractivity contribution >= 4 is 20.4 Å². The van der Waals surface area contributed by atoms with Gasteiger partial charge in [-0.25, -0.2) is 4.79 Å². The highest BCUT2D eigenvalue weighted by Crippen LogP contribution is 2.44. The lowest BCUT2D eigenvalue weighted by molar-refractivity contribution is -0.148. The van der Waals surface area contributed by atoms with E-state index in [4.69, 9.17) is 23.4 Å². The average molecular weight is 598 g/mol. The Labute approximate surface area is 251 Å². The Morgan fingerprint density at radius 3 is 2.55 bits per heavy atom. The summed E-state index contributed by atoms with van der Waals surface area (Å²) in [6, 6.07) is 11.7. The molecule has 9 heteroatoms. The SMILES string of the molecule is COCOc1cc(/C=C/C(=O)O[C@H]2C[C@@H]3CCCCN3[C@H](c3ccc(OC)c(O[Si](C)(C)C(C)(C)C)c3)C2)ccc1O. The summed E-state index contributed by atoms with van der Waals surface area (Å²) in [5.74, 6) is 1.45. The number of aromatic hydroxyl groups is 1. The third-order valence-electron chi connectivity index (χ3n) is 8.85. The van der Waals surface area contributed by atoms with Gasteiger partial charge >= 0.3 is 5.97 Å². The Morgan fingerprint density at radius 1 is 1.05 bits per heavy atom. The van der Waals surface area contributed by atoms with Crippen LogP contribution < -0.4 is 13.9 Å². The number of carbonyl (C=O) groups excluding carboxylic acids is 1. The Hall–Kier alpha value is -3.01. The fraction of sp³-hybridized carbons (Fsp3) is 0.545. The van der Waals surface area contributed by atoms with Crippen molar-refractivity contribution in [2.45, 2.75) is 89.2 Å². The molecule has 2 heterocycles. The summed E-state index contributed by atoms with van der Waals surface area (Å²) >= 11 is 0. The number of nitrogens with zero attached hydrogens (tertiary/aromatic N) is 1. The fourth-order valence-corrected chi connectivity index (χ4v) is 6.56. The molecule has 0 aliphatic carbocycles. The molecular weight excluding hydrogens is 550 g/mol. The second-order valence-corrected chi connectivity index (χ2v) is 17.5. The summed E-state index contributed by atoms with van der Waals surface area (Å²) < 4.78 is 28.8. The van der Waals surface area contributed by atoms with Crippen molar-refractivity contribution < 1.29 is 33.3 Å². The van der Waals surface area contributed by atoms with Crippen LogP contribution in [0.1, 0.15) is 70.0 Å². The number of methoxy groups -OCH3 is 2. The highest BCUT2D eigenvalue weighted by Gasteiger charge is 2.41. The quantitative estimate of drug-likeness (QED) is 0.135. The first-order valence-electron chi connectivity index (χ1n) is 14.9. The zero-order valence-corrected chi connectivity index (χ0v) is 27.1. The molecule has 0 radical (unpaired) electrons. The molecule has 0 unspecified atom stereocenters. The van der Waals surface area contributed by atoms with E-state index in [2.05, 4.69) is 50.9 Å². The van der Waals surface area contributed by atoms with E-state index in [0.29, 0.717) is 11.6 Å². The van der Waals surface area contributed by atoms with Crippen LogP contribution in [0.15, 0.2) is 42.5 Å². The van der Waals surface area contributed by atoms with Crippen molar-refractivity contribution in [3.8, 4) is 23.0 Å². The van der Waals surface area contributed by atoms with E-state index >= 15 is 0 Å². The van der Waals surface area contributed by atoms with Crippen LogP contribution in [-0.4, -0.2) is 64.0 Å².